The number of benzene rings is 1. The number of aliphatic carboxylic acids is 1. The molecule has 22 heavy (non-hydrogen) atoms. The first-order valence-electron chi connectivity index (χ1n) is 8.20. The summed E-state index contributed by atoms with van der Waals surface area (Å²) >= 11 is 0. The molecule has 0 amide bonds. The summed E-state index contributed by atoms with van der Waals surface area (Å²) in [6, 6.07) is 2.66. The van der Waals surface area contributed by atoms with Crippen LogP contribution in [-0.4, -0.2) is 11.1 Å². The summed E-state index contributed by atoms with van der Waals surface area (Å²) in [7, 11) is 0. The molecule has 0 saturated heterocycles. The number of halogens is 2. The van der Waals surface area contributed by atoms with Crippen LogP contribution >= 0.6 is 0 Å². The highest BCUT2D eigenvalue weighted by molar-refractivity contribution is 5.70. The largest absolute Gasteiger partial charge is 0.481 e. The molecule has 0 aliphatic heterocycles. The molecule has 0 spiro atoms. The van der Waals surface area contributed by atoms with Gasteiger partial charge in [0.15, 0.2) is 0 Å². The zero-order chi connectivity index (χ0) is 16.1. The van der Waals surface area contributed by atoms with Crippen LogP contribution in [0.2, 0.25) is 0 Å². The maximum atomic E-state index is 14.0. The van der Waals surface area contributed by atoms with Crippen molar-refractivity contribution in [1.82, 2.24) is 0 Å². The third-order valence-electron chi connectivity index (χ3n) is 4.78. The third kappa shape index (κ3) is 4.28. The molecule has 0 atom stereocenters. The van der Waals surface area contributed by atoms with Crippen LogP contribution in [-0.2, 0) is 11.2 Å². The lowest BCUT2D eigenvalue weighted by molar-refractivity contribution is -0.136. The lowest BCUT2D eigenvalue weighted by Gasteiger charge is -2.29. The standard InChI is InChI=1S/C18H24F2O2/c1-2-3-4-12-5-7-13(8-6-12)14-9-16(19)15(11-18(21)22)17(20)10-14/h9-10,12-13H,2-8,11H2,1H3,(H,21,22)/t12-,13-. The molecule has 0 heterocycles. The topological polar surface area (TPSA) is 37.3 Å². The van der Waals surface area contributed by atoms with Gasteiger partial charge in [0.25, 0.3) is 0 Å². The average molecular weight is 310 g/mol. The Morgan fingerprint density at radius 1 is 1.18 bits per heavy atom. The van der Waals surface area contributed by atoms with E-state index in [1.54, 1.807) is 0 Å². The Morgan fingerprint density at radius 2 is 1.77 bits per heavy atom. The molecule has 1 aliphatic carbocycles. The van der Waals surface area contributed by atoms with E-state index in [1.165, 1.54) is 31.4 Å². The van der Waals surface area contributed by atoms with Gasteiger partial charge in [-0.1, -0.05) is 26.2 Å². The minimum atomic E-state index is -1.22. The van der Waals surface area contributed by atoms with Crippen molar-refractivity contribution in [2.24, 2.45) is 5.92 Å². The zero-order valence-corrected chi connectivity index (χ0v) is 13.1. The van der Waals surface area contributed by atoms with Crippen molar-refractivity contribution in [3.63, 3.8) is 0 Å². The van der Waals surface area contributed by atoms with Crippen LogP contribution in [0, 0.1) is 17.6 Å². The molecule has 4 heteroatoms. The Kier molecular flexibility index (Phi) is 5.92. The van der Waals surface area contributed by atoms with E-state index < -0.39 is 24.0 Å². The minimum Gasteiger partial charge on any atom is -0.481 e. The lowest BCUT2D eigenvalue weighted by Crippen LogP contribution is -2.14. The second-order valence-corrected chi connectivity index (χ2v) is 6.39. The summed E-state index contributed by atoms with van der Waals surface area (Å²) in [4.78, 5) is 10.6. The van der Waals surface area contributed by atoms with E-state index in [9.17, 15) is 13.6 Å². The lowest BCUT2D eigenvalue weighted by atomic mass is 9.77. The number of carboxylic acids is 1. The highest BCUT2D eigenvalue weighted by Gasteiger charge is 2.24. The van der Waals surface area contributed by atoms with Crippen LogP contribution in [0.4, 0.5) is 8.78 Å². The van der Waals surface area contributed by atoms with Gasteiger partial charge < -0.3 is 5.11 Å². The first kappa shape index (κ1) is 16.9. The summed E-state index contributed by atoms with van der Waals surface area (Å²) < 4.78 is 27.9. The molecule has 1 saturated carbocycles. The number of hydrogen-bond donors (Lipinski definition) is 1. The fraction of sp³-hybridized carbons (Fsp3) is 0.611. The smallest absolute Gasteiger partial charge is 0.308 e. The van der Waals surface area contributed by atoms with Gasteiger partial charge >= 0.3 is 5.97 Å². The molecular formula is C18H24F2O2. The Hall–Kier alpha value is -1.45. The van der Waals surface area contributed by atoms with Crippen molar-refractivity contribution in [2.75, 3.05) is 0 Å². The van der Waals surface area contributed by atoms with Gasteiger partial charge in [-0.3, -0.25) is 4.79 Å². The molecule has 1 aliphatic rings. The van der Waals surface area contributed by atoms with Crippen molar-refractivity contribution in [3.05, 3.63) is 34.9 Å². The van der Waals surface area contributed by atoms with Gasteiger partial charge in [0, 0.05) is 5.56 Å². The van der Waals surface area contributed by atoms with E-state index >= 15 is 0 Å². The van der Waals surface area contributed by atoms with Crippen molar-refractivity contribution in [1.29, 1.82) is 0 Å². The number of carboxylic acid groups (broad SMARTS) is 1. The Bertz CT molecular complexity index is 497. The summed E-state index contributed by atoms with van der Waals surface area (Å²) in [6.07, 6.45) is 7.27. The molecule has 0 bridgehead atoms. The highest BCUT2D eigenvalue weighted by atomic mass is 19.1. The zero-order valence-electron chi connectivity index (χ0n) is 13.1. The van der Waals surface area contributed by atoms with Crippen LogP contribution in [0.25, 0.3) is 0 Å². The van der Waals surface area contributed by atoms with Crippen LogP contribution in [0.1, 0.15) is 68.9 Å². The van der Waals surface area contributed by atoms with Crippen LogP contribution in [0.5, 0.6) is 0 Å². The average Bonchev–Trinajstić information content (AvgIpc) is 2.49. The van der Waals surface area contributed by atoms with Crippen molar-refractivity contribution in [3.8, 4) is 0 Å². The number of carbonyl (C=O) groups is 1. The summed E-state index contributed by atoms with van der Waals surface area (Å²) in [5, 5.41) is 8.70. The highest BCUT2D eigenvalue weighted by Crippen LogP contribution is 2.38. The normalized spacial score (nSPS) is 21.8. The Morgan fingerprint density at radius 3 is 2.27 bits per heavy atom. The van der Waals surface area contributed by atoms with Crippen molar-refractivity contribution >= 4 is 5.97 Å². The fourth-order valence-electron chi connectivity index (χ4n) is 3.46. The SMILES string of the molecule is CCCC[C@H]1CC[C@H](c2cc(F)c(CC(=O)O)c(F)c2)CC1. The van der Waals surface area contributed by atoms with Gasteiger partial charge in [-0.25, -0.2) is 8.78 Å². The molecular weight excluding hydrogens is 286 g/mol. The van der Waals surface area contributed by atoms with Gasteiger partial charge in [-0.15, -0.1) is 0 Å². The Labute approximate surface area is 130 Å². The minimum absolute atomic E-state index is 0.195. The third-order valence-corrected chi connectivity index (χ3v) is 4.78. The molecule has 1 fully saturated rings. The summed E-state index contributed by atoms with van der Waals surface area (Å²) in [5.41, 5.74) is 0.339. The second kappa shape index (κ2) is 7.70. The predicted octanol–water partition coefficient (Wildman–Crippen LogP) is 5.06. The number of unbranched alkanes of at least 4 members (excludes halogenated alkanes) is 1. The van der Waals surface area contributed by atoms with Gasteiger partial charge in [-0.05, 0) is 55.2 Å². The quantitative estimate of drug-likeness (QED) is 0.797. The second-order valence-electron chi connectivity index (χ2n) is 6.39. The van der Waals surface area contributed by atoms with Gasteiger partial charge in [0.05, 0.1) is 6.42 Å². The predicted molar refractivity (Wildman–Crippen MR) is 81.9 cm³/mol. The molecule has 1 aromatic rings. The van der Waals surface area contributed by atoms with E-state index in [0.29, 0.717) is 5.56 Å². The van der Waals surface area contributed by atoms with Crippen LogP contribution in [0.15, 0.2) is 12.1 Å². The molecule has 1 N–H and O–H groups in total. The van der Waals surface area contributed by atoms with E-state index in [-0.39, 0.29) is 11.5 Å². The van der Waals surface area contributed by atoms with E-state index in [4.69, 9.17) is 5.11 Å². The first-order chi connectivity index (χ1) is 10.5. The van der Waals surface area contributed by atoms with E-state index in [2.05, 4.69) is 6.92 Å². The molecule has 1 aromatic carbocycles. The maximum absolute atomic E-state index is 14.0. The number of rotatable bonds is 6. The monoisotopic (exact) mass is 310 g/mol. The van der Waals surface area contributed by atoms with Gasteiger partial charge in [-0.2, -0.15) is 0 Å². The van der Waals surface area contributed by atoms with Crippen molar-refractivity contribution in [2.45, 2.75) is 64.2 Å². The van der Waals surface area contributed by atoms with Crippen LogP contribution in [0.3, 0.4) is 0 Å². The molecule has 0 aromatic heterocycles. The number of hydrogen-bond acceptors (Lipinski definition) is 1. The van der Waals surface area contributed by atoms with E-state index in [1.807, 2.05) is 0 Å². The maximum Gasteiger partial charge on any atom is 0.308 e. The molecule has 0 radical (unpaired) electrons. The fourth-order valence-corrected chi connectivity index (χ4v) is 3.46. The molecule has 2 nitrogen and oxygen atoms in total. The van der Waals surface area contributed by atoms with Gasteiger partial charge in [0.2, 0.25) is 0 Å². The molecule has 0 unspecified atom stereocenters. The van der Waals surface area contributed by atoms with Crippen molar-refractivity contribution < 1.29 is 18.7 Å². The summed E-state index contributed by atoms with van der Waals surface area (Å²) in [5.74, 6) is -1.74. The molecule has 2 rings (SSSR count). The summed E-state index contributed by atoms with van der Waals surface area (Å²) in [6.45, 7) is 2.19. The first-order valence-corrected chi connectivity index (χ1v) is 8.20. The van der Waals surface area contributed by atoms with Gasteiger partial charge in [0.1, 0.15) is 11.6 Å². The molecule has 122 valence electrons. The van der Waals surface area contributed by atoms with Crippen LogP contribution < -0.4 is 0 Å². The van der Waals surface area contributed by atoms with E-state index in [0.717, 1.165) is 31.6 Å². The Balaban J connectivity index is 2.03.